The second kappa shape index (κ2) is 6.72. The van der Waals surface area contributed by atoms with Gasteiger partial charge in [-0.05, 0) is 72.6 Å². The predicted octanol–water partition coefficient (Wildman–Crippen LogP) is 4.15. The molecule has 0 saturated heterocycles. The fourth-order valence-electron chi connectivity index (χ4n) is 2.03. The number of rotatable bonds is 4. The van der Waals surface area contributed by atoms with Crippen LogP contribution in [0, 0.1) is 13.8 Å². The third-order valence-electron chi connectivity index (χ3n) is 3.11. The lowest BCUT2D eigenvalue weighted by molar-refractivity contribution is 0.102. The number of aromatic nitrogens is 1. The van der Waals surface area contributed by atoms with Crippen molar-refractivity contribution in [2.24, 2.45) is 0 Å². The van der Waals surface area contributed by atoms with Crippen molar-refractivity contribution in [2.75, 3.05) is 17.2 Å². The SMILES string of the molecule is CCNc1ccc(C(=O)Nc2ccc(Br)c(C)n2)c(C)c1. The van der Waals surface area contributed by atoms with Crippen LogP contribution in [-0.4, -0.2) is 17.4 Å². The van der Waals surface area contributed by atoms with Gasteiger partial charge in [0.1, 0.15) is 5.82 Å². The number of hydrogen-bond acceptors (Lipinski definition) is 3. The van der Waals surface area contributed by atoms with E-state index < -0.39 is 0 Å². The van der Waals surface area contributed by atoms with Crippen LogP contribution in [0.25, 0.3) is 0 Å². The van der Waals surface area contributed by atoms with Crippen LogP contribution in [0.1, 0.15) is 28.5 Å². The molecule has 0 fully saturated rings. The van der Waals surface area contributed by atoms with E-state index in [9.17, 15) is 4.79 Å². The minimum absolute atomic E-state index is 0.148. The standard InChI is InChI=1S/C16H18BrN3O/c1-4-18-12-5-6-13(10(2)9-12)16(21)20-15-8-7-14(17)11(3)19-15/h5-9,18H,4H2,1-3H3,(H,19,20,21). The molecule has 0 spiro atoms. The zero-order valence-electron chi connectivity index (χ0n) is 12.3. The van der Waals surface area contributed by atoms with Gasteiger partial charge >= 0.3 is 0 Å². The number of carbonyl (C=O) groups excluding carboxylic acids is 1. The fourth-order valence-corrected chi connectivity index (χ4v) is 2.25. The number of nitrogens with zero attached hydrogens (tertiary/aromatic N) is 1. The molecular weight excluding hydrogens is 330 g/mol. The van der Waals surface area contributed by atoms with Crippen LogP contribution in [0.3, 0.4) is 0 Å². The summed E-state index contributed by atoms with van der Waals surface area (Å²) in [5.74, 6) is 0.403. The van der Waals surface area contributed by atoms with Crippen LogP contribution in [0.15, 0.2) is 34.8 Å². The van der Waals surface area contributed by atoms with E-state index in [1.807, 2.05) is 45.0 Å². The van der Waals surface area contributed by atoms with Crippen LogP contribution in [0.4, 0.5) is 11.5 Å². The smallest absolute Gasteiger partial charge is 0.257 e. The first kappa shape index (κ1) is 15.5. The van der Waals surface area contributed by atoms with Gasteiger partial charge < -0.3 is 10.6 Å². The average molecular weight is 348 g/mol. The zero-order chi connectivity index (χ0) is 15.4. The fraction of sp³-hybridized carbons (Fsp3) is 0.250. The molecule has 2 N–H and O–H groups in total. The van der Waals surface area contributed by atoms with Crippen molar-refractivity contribution in [3.05, 3.63) is 51.6 Å². The summed E-state index contributed by atoms with van der Waals surface area (Å²) in [5.41, 5.74) is 3.44. The lowest BCUT2D eigenvalue weighted by Crippen LogP contribution is -2.14. The second-order valence-corrected chi connectivity index (χ2v) is 5.63. The van der Waals surface area contributed by atoms with Crippen molar-refractivity contribution in [3.8, 4) is 0 Å². The highest BCUT2D eigenvalue weighted by molar-refractivity contribution is 9.10. The monoisotopic (exact) mass is 347 g/mol. The summed E-state index contributed by atoms with van der Waals surface area (Å²) in [6, 6.07) is 9.36. The van der Waals surface area contributed by atoms with Gasteiger partial charge in [0, 0.05) is 22.3 Å². The first-order valence-corrected chi connectivity index (χ1v) is 7.59. The molecule has 0 aliphatic rings. The number of aryl methyl sites for hydroxylation is 2. The highest BCUT2D eigenvalue weighted by Crippen LogP contribution is 2.19. The molecule has 0 aliphatic heterocycles. The summed E-state index contributed by atoms with van der Waals surface area (Å²) in [5, 5.41) is 6.06. The molecule has 0 saturated carbocycles. The largest absolute Gasteiger partial charge is 0.385 e. The number of carbonyl (C=O) groups is 1. The molecule has 1 aromatic heterocycles. The van der Waals surface area contributed by atoms with Gasteiger partial charge in [-0.2, -0.15) is 0 Å². The van der Waals surface area contributed by atoms with Crippen LogP contribution < -0.4 is 10.6 Å². The maximum atomic E-state index is 12.3. The Morgan fingerprint density at radius 1 is 1.24 bits per heavy atom. The maximum absolute atomic E-state index is 12.3. The van der Waals surface area contributed by atoms with Gasteiger partial charge in [-0.25, -0.2) is 4.98 Å². The predicted molar refractivity (Wildman–Crippen MR) is 90.0 cm³/mol. The molecular formula is C16H18BrN3O. The second-order valence-electron chi connectivity index (χ2n) is 4.78. The number of anilines is 2. The molecule has 2 aromatic rings. The molecule has 0 radical (unpaired) electrons. The average Bonchev–Trinajstić information content (AvgIpc) is 2.43. The molecule has 1 heterocycles. The van der Waals surface area contributed by atoms with Gasteiger partial charge in [-0.15, -0.1) is 0 Å². The number of amides is 1. The summed E-state index contributed by atoms with van der Waals surface area (Å²) >= 11 is 3.39. The minimum Gasteiger partial charge on any atom is -0.385 e. The summed E-state index contributed by atoms with van der Waals surface area (Å²) in [4.78, 5) is 16.6. The lowest BCUT2D eigenvalue weighted by Gasteiger charge is -2.10. The Morgan fingerprint density at radius 3 is 2.62 bits per heavy atom. The Hall–Kier alpha value is -1.88. The van der Waals surface area contributed by atoms with Crippen molar-refractivity contribution in [1.29, 1.82) is 0 Å². The van der Waals surface area contributed by atoms with Crippen molar-refractivity contribution in [3.63, 3.8) is 0 Å². The van der Waals surface area contributed by atoms with Gasteiger partial charge in [-0.1, -0.05) is 0 Å². The molecule has 21 heavy (non-hydrogen) atoms. The van der Waals surface area contributed by atoms with E-state index in [4.69, 9.17) is 0 Å². The summed E-state index contributed by atoms with van der Waals surface area (Å²) in [6.45, 7) is 6.71. The highest BCUT2D eigenvalue weighted by Gasteiger charge is 2.11. The van der Waals surface area contributed by atoms with Crippen molar-refractivity contribution >= 4 is 33.3 Å². The van der Waals surface area contributed by atoms with Crippen molar-refractivity contribution in [2.45, 2.75) is 20.8 Å². The van der Waals surface area contributed by atoms with E-state index in [0.717, 1.165) is 28.0 Å². The number of nitrogens with one attached hydrogen (secondary N) is 2. The van der Waals surface area contributed by atoms with Gasteiger partial charge in [-0.3, -0.25) is 4.79 Å². The Labute approximate surface area is 133 Å². The number of pyridine rings is 1. The molecule has 110 valence electrons. The molecule has 0 aliphatic carbocycles. The number of halogens is 1. The van der Waals surface area contributed by atoms with E-state index in [2.05, 4.69) is 31.5 Å². The quantitative estimate of drug-likeness (QED) is 0.873. The highest BCUT2D eigenvalue weighted by atomic mass is 79.9. The Balaban J connectivity index is 2.18. The summed E-state index contributed by atoms with van der Waals surface area (Å²) in [6.07, 6.45) is 0. The van der Waals surface area contributed by atoms with E-state index in [0.29, 0.717) is 11.4 Å². The van der Waals surface area contributed by atoms with Crippen LogP contribution >= 0.6 is 15.9 Å². The molecule has 2 rings (SSSR count). The zero-order valence-corrected chi connectivity index (χ0v) is 13.9. The molecule has 0 bridgehead atoms. The molecule has 1 aromatic carbocycles. The van der Waals surface area contributed by atoms with E-state index in [1.54, 1.807) is 6.07 Å². The molecule has 0 unspecified atom stereocenters. The molecule has 0 atom stereocenters. The summed E-state index contributed by atoms with van der Waals surface area (Å²) < 4.78 is 0.923. The Morgan fingerprint density at radius 2 is 2.00 bits per heavy atom. The number of hydrogen-bond donors (Lipinski definition) is 2. The van der Waals surface area contributed by atoms with Crippen molar-refractivity contribution in [1.82, 2.24) is 4.98 Å². The van der Waals surface area contributed by atoms with E-state index in [1.165, 1.54) is 0 Å². The first-order valence-electron chi connectivity index (χ1n) is 6.80. The Bertz CT molecular complexity index is 671. The van der Waals surface area contributed by atoms with Crippen LogP contribution in [-0.2, 0) is 0 Å². The molecule has 5 heteroatoms. The van der Waals surface area contributed by atoms with E-state index >= 15 is 0 Å². The van der Waals surface area contributed by atoms with Gasteiger partial charge in [0.05, 0.1) is 5.69 Å². The van der Waals surface area contributed by atoms with Crippen LogP contribution in [0.2, 0.25) is 0 Å². The van der Waals surface area contributed by atoms with Crippen molar-refractivity contribution < 1.29 is 4.79 Å². The molecule has 4 nitrogen and oxygen atoms in total. The lowest BCUT2D eigenvalue weighted by atomic mass is 10.1. The summed E-state index contributed by atoms with van der Waals surface area (Å²) in [7, 11) is 0. The minimum atomic E-state index is -0.148. The first-order chi connectivity index (χ1) is 10.0. The number of benzene rings is 1. The third kappa shape index (κ3) is 3.82. The Kier molecular flexibility index (Phi) is 4.96. The van der Waals surface area contributed by atoms with Gasteiger partial charge in [0.2, 0.25) is 0 Å². The third-order valence-corrected chi connectivity index (χ3v) is 3.95. The van der Waals surface area contributed by atoms with Gasteiger partial charge in [0.15, 0.2) is 0 Å². The van der Waals surface area contributed by atoms with Gasteiger partial charge in [0.25, 0.3) is 5.91 Å². The van der Waals surface area contributed by atoms with E-state index in [-0.39, 0.29) is 5.91 Å². The normalized spacial score (nSPS) is 10.3. The topological polar surface area (TPSA) is 54.0 Å². The van der Waals surface area contributed by atoms with Crippen LogP contribution in [0.5, 0.6) is 0 Å². The molecule has 1 amide bonds. The maximum Gasteiger partial charge on any atom is 0.257 e.